The maximum absolute atomic E-state index is 13.0. The lowest BCUT2D eigenvalue weighted by atomic mass is 10.2. The molecule has 0 saturated carbocycles. The Bertz CT molecular complexity index is 1070. The zero-order valence-corrected chi connectivity index (χ0v) is 15.4. The minimum absolute atomic E-state index is 0.0449. The van der Waals surface area contributed by atoms with Crippen molar-refractivity contribution in [2.75, 3.05) is 7.05 Å². The Balaban J connectivity index is 1.68. The minimum Gasteiger partial charge on any atom is -0.337 e. The van der Waals surface area contributed by atoms with E-state index in [9.17, 15) is 14.0 Å². The van der Waals surface area contributed by atoms with Crippen LogP contribution in [0.4, 0.5) is 4.39 Å². The van der Waals surface area contributed by atoms with Crippen LogP contribution in [0.3, 0.4) is 0 Å². The fraction of sp³-hybridized carbons (Fsp3) is 0.316. The molecule has 1 aromatic carbocycles. The van der Waals surface area contributed by atoms with E-state index in [4.69, 9.17) is 0 Å². The molecule has 0 radical (unpaired) electrons. The largest absolute Gasteiger partial charge is 0.337 e. The molecule has 1 amide bonds. The van der Waals surface area contributed by atoms with Crippen molar-refractivity contribution < 1.29 is 9.18 Å². The zero-order chi connectivity index (χ0) is 18.4. The van der Waals surface area contributed by atoms with Crippen LogP contribution < -0.4 is 5.56 Å². The molecule has 7 heteroatoms. The molecule has 0 spiro atoms. The number of carbonyl (C=O) groups excluding carboxylic acids is 1. The van der Waals surface area contributed by atoms with E-state index >= 15 is 0 Å². The smallest absolute Gasteiger partial charge is 0.264 e. The Morgan fingerprint density at radius 2 is 2.08 bits per heavy atom. The number of aryl methyl sites for hydroxylation is 2. The molecule has 4 rings (SSSR count). The van der Waals surface area contributed by atoms with Gasteiger partial charge in [-0.2, -0.15) is 0 Å². The Morgan fingerprint density at radius 1 is 1.35 bits per heavy atom. The summed E-state index contributed by atoms with van der Waals surface area (Å²) in [5, 5.41) is 0.555. The first-order valence-electron chi connectivity index (χ1n) is 8.48. The zero-order valence-electron chi connectivity index (χ0n) is 14.6. The number of benzene rings is 1. The third-order valence-electron chi connectivity index (χ3n) is 4.79. The number of hydrogen-bond donors (Lipinski definition) is 0. The van der Waals surface area contributed by atoms with Crippen LogP contribution in [0.5, 0.6) is 0 Å². The summed E-state index contributed by atoms with van der Waals surface area (Å²) >= 11 is 1.28. The van der Waals surface area contributed by atoms with Gasteiger partial charge in [-0.15, -0.1) is 11.3 Å². The van der Waals surface area contributed by atoms with Gasteiger partial charge in [-0.3, -0.25) is 14.2 Å². The Hall–Kier alpha value is -2.54. The predicted molar refractivity (Wildman–Crippen MR) is 99.1 cm³/mol. The lowest BCUT2D eigenvalue weighted by Crippen LogP contribution is -2.26. The van der Waals surface area contributed by atoms with Gasteiger partial charge in [0.1, 0.15) is 16.5 Å². The molecule has 3 heterocycles. The fourth-order valence-electron chi connectivity index (χ4n) is 3.39. The van der Waals surface area contributed by atoms with Crippen LogP contribution in [0.25, 0.3) is 10.2 Å². The maximum atomic E-state index is 13.0. The molecule has 134 valence electrons. The first kappa shape index (κ1) is 16.9. The van der Waals surface area contributed by atoms with Crippen LogP contribution in [0, 0.1) is 12.7 Å². The van der Waals surface area contributed by atoms with E-state index in [1.807, 2.05) is 6.92 Å². The molecule has 0 unspecified atom stereocenters. The normalized spacial score (nSPS) is 13.2. The van der Waals surface area contributed by atoms with Gasteiger partial charge in [0.2, 0.25) is 0 Å². The lowest BCUT2D eigenvalue weighted by molar-refractivity contribution is 0.0789. The molecule has 5 nitrogen and oxygen atoms in total. The molecule has 0 bridgehead atoms. The van der Waals surface area contributed by atoms with E-state index in [1.54, 1.807) is 28.6 Å². The number of carbonyl (C=O) groups is 1. The van der Waals surface area contributed by atoms with Gasteiger partial charge in [-0.1, -0.05) is 12.1 Å². The Kier molecular flexibility index (Phi) is 4.11. The number of amides is 1. The van der Waals surface area contributed by atoms with Crippen LogP contribution in [-0.2, 0) is 19.5 Å². The van der Waals surface area contributed by atoms with Gasteiger partial charge in [0.05, 0.1) is 10.3 Å². The van der Waals surface area contributed by atoms with Gasteiger partial charge in [-0.25, -0.2) is 9.37 Å². The number of halogens is 1. The summed E-state index contributed by atoms with van der Waals surface area (Å²) in [6.07, 6.45) is 1.74. The SMILES string of the molecule is Cc1c(C(=O)N(C)Cc2ccc(F)cc2)sc2nc3n(c(=O)c12)CCC3. The average molecular weight is 371 g/mol. The quantitative estimate of drug-likeness (QED) is 0.711. The second kappa shape index (κ2) is 6.32. The minimum atomic E-state index is -0.303. The highest BCUT2D eigenvalue weighted by molar-refractivity contribution is 7.20. The van der Waals surface area contributed by atoms with Crippen molar-refractivity contribution in [2.24, 2.45) is 0 Å². The monoisotopic (exact) mass is 371 g/mol. The van der Waals surface area contributed by atoms with Crippen LogP contribution in [-0.4, -0.2) is 27.4 Å². The number of rotatable bonds is 3. The summed E-state index contributed by atoms with van der Waals surface area (Å²) in [4.78, 5) is 33.0. The summed E-state index contributed by atoms with van der Waals surface area (Å²) in [6, 6.07) is 6.08. The van der Waals surface area contributed by atoms with Gasteiger partial charge in [0.15, 0.2) is 0 Å². The summed E-state index contributed by atoms with van der Waals surface area (Å²) in [6.45, 7) is 2.87. The van der Waals surface area contributed by atoms with Gasteiger partial charge < -0.3 is 4.90 Å². The number of hydrogen-bond acceptors (Lipinski definition) is 4. The van der Waals surface area contributed by atoms with Gasteiger partial charge in [0.25, 0.3) is 11.5 Å². The maximum Gasteiger partial charge on any atom is 0.264 e. The first-order chi connectivity index (χ1) is 12.5. The van der Waals surface area contributed by atoms with E-state index < -0.39 is 0 Å². The van der Waals surface area contributed by atoms with Crippen molar-refractivity contribution in [3.8, 4) is 0 Å². The molecular weight excluding hydrogens is 353 g/mol. The standard InChI is InChI=1S/C19H18FN3O2S/c1-11-15-17(21-14-4-3-9-23(14)18(15)24)26-16(11)19(25)22(2)10-12-5-7-13(20)8-6-12/h5-8H,3-4,9-10H2,1-2H3. The van der Waals surface area contributed by atoms with Crippen molar-refractivity contribution in [3.05, 3.63) is 62.3 Å². The van der Waals surface area contributed by atoms with Crippen molar-refractivity contribution in [1.29, 1.82) is 0 Å². The molecule has 1 aliphatic heterocycles. The summed E-state index contributed by atoms with van der Waals surface area (Å²) in [7, 11) is 1.70. The number of nitrogens with zero attached hydrogens (tertiary/aromatic N) is 3. The van der Waals surface area contributed by atoms with E-state index in [1.165, 1.54) is 23.5 Å². The Labute approximate surface area is 153 Å². The van der Waals surface area contributed by atoms with Crippen molar-refractivity contribution in [2.45, 2.75) is 32.9 Å². The van der Waals surface area contributed by atoms with E-state index in [0.717, 1.165) is 24.2 Å². The average Bonchev–Trinajstić information content (AvgIpc) is 3.21. The van der Waals surface area contributed by atoms with E-state index in [0.29, 0.717) is 33.7 Å². The topological polar surface area (TPSA) is 55.2 Å². The van der Waals surface area contributed by atoms with Crippen molar-refractivity contribution in [3.63, 3.8) is 0 Å². The molecule has 2 aromatic heterocycles. The molecule has 26 heavy (non-hydrogen) atoms. The highest BCUT2D eigenvalue weighted by Gasteiger charge is 2.24. The van der Waals surface area contributed by atoms with E-state index in [-0.39, 0.29) is 17.3 Å². The second-order valence-electron chi connectivity index (χ2n) is 6.61. The van der Waals surface area contributed by atoms with E-state index in [2.05, 4.69) is 4.98 Å². The van der Waals surface area contributed by atoms with Gasteiger partial charge in [0, 0.05) is 26.6 Å². The van der Waals surface area contributed by atoms with Crippen LogP contribution in [0.2, 0.25) is 0 Å². The number of aromatic nitrogens is 2. The molecule has 0 atom stereocenters. The van der Waals surface area contributed by atoms with Crippen LogP contribution in [0.1, 0.15) is 33.0 Å². The fourth-order valence-corrected chi connectivity index (χ4v) is 4.57. The van der Waals surface area contributed by atoms with Crippen LogP contribution >= 0.6 is 11.3 Å². The highest BCUT2D eigenvalue weighted by atomic mass is 32.1. The van der Waals surface area contributed by atoms with Gasteiger partial charge >= 0.3 is 0 Å². The molecule has 0 aliphatic carbocycles. The van der Waals surface area contributed by atoms with Crippen molar-refractivity contribution >= 4 is 27.5 Å². The molecule has 0 fully saturated rings. The summed E-state index contributed by atoms with van der Waals surface area (Å²) in [5.74, 6) is 0.351. The van der Waals surface area contributed by atoms with Crippen molar-refractivity contribution in [1.82, 2.24) is 14.5 Å². The summed E-state index contributed by atoms with van der Waals surface area (Å²) in [5.41, 5.74) is 1.50. The molecule has 3 aromatic rings. The molecule has 0 N–H and O–H groups in total. The second-order valence-corrected chi connectivity index (χ2v) is 7.61. The first-order valence-corrected chi connectivity index (χ1v) is 9.30. The third kappa shape index (κ3) is 2.72. The highest BCUT2D eigenvalue weighted by Crippen LogP contribution is 2.29. The lowest BCUT2D eigenvalue weighted by Gasteiger charge is -2.16. The summed E-state index contributed by atoms with van der Waals surface area (Å²) < 4.78 is 14.8. The molecular formula is C19H18FN3O2S. The number of fused-ring (bicyclic) bond motifs is 2. The number of thiophene rings is 1. The van der Waals surface area contributed by atoms with Crippen LogP contribution in [0.15, 0.2) is 29.1 Å². The molecule has 1 aliphatic rings. The third-order valence-corrected chi connectivity index (χ3v) is 5.96. The van der Waals surface area contributed by atoms with Gasteiger partial charge in [-0.05, 0) is 36.6 Å². The predicted octanol–water partition coefficient (Wildman–Crippen LogP) is 3.12. The molecule has 0 saturated heterocycles. The Morgan fingerprint density at radius 3 is 2.81 bits per heavy atom.